The maximum Gasteiger partial charge on any atom is 0.209 e. The Labute approximate surface area is 215 Å². The molecule has 3 aromatic rings. The first-order valence-corrected chi connectivity index (χ1v) is 11.7. The van der Waals surface area contributed by atoms with Crippen molar-refractivity contribution >= 4 is 27.9 Å². The van der Waals surface area contributed by atoms with Crippen molar-refractivity contribution in [3.05, 3.63) is 95.7 Å². The molecule has 0 atom stereocenters. The molecular weight excluding hydrogens is 515 g/mol. The van der Waals surface area contributed by atoms with Gasteiger partial charge in [-0.25, -0.2) is 0 Å². The molecular formula is C30H33IN2. The van der Waals surface area contributed by atoms with Crippen LogP contribution in [0.1, 0.15) is 45.7 Å². The summed E-state index contributed by atoms with van der Waals surface area (Å²) in [5, 5.41) is 2.68. The van der Waals surface area contributed by atoms with Crippen molar-refractivity contribution in [3.8, 4) is 0 Å². The Morgan fingerprint density at radius 1 is 0.879 bits per heavy atom. The van der Waals surface area contributed by atoms with Gasteiger partial charge in [-0.15, -0.1) is 0 Å². The van der Waals surface area contributed by atoms with Crippen LogP contribution >= 0.6 is 0 Å². The number of para-hydroxylation sites is 1. The van der Waals surface area contributed by atoms with Crippen LogP contribution in [0.3, 0.4) is 0 Å². The highest BCUT2D eigenvalue weighted by molar-refractivity contribution is 6.03. The second-order valence-electron chi connectivity index (χ2n) is 10.0. The molecule has 0 amide bonds. The fourth-order valence-electron chi connectivity index (χ4n) is 5.91. The minimum absolute atomic E-state index is 0. The Hall–Kier alpha value is -2.40. The number of likely N-dealkylation sites (N-methyl/N-ethyl adjacent to an activating group) is 1. The Morgan fingerprint density at radius 3 is 2.30 bits per heavy atom. The van der Waals surface area contributed by atoms with Crippen molar-refractivity contribution in [1.82, 2.24) is 0 Å². The molecule has 0 radical (unpaired) electrons. The van der Waals surface area contributed by atoms with Crippen LogP contribution in [0.2, 0.25) is 0 Å². The van der Waals surface area contributed by atoms with Crippen molar-refractivity contribution in [3.63, 3.8) is 0 Å². The highest BCUT2D eigenvalue weighted by Gasteiger charge is 2.43. The average Bonchev–Trinajstić information content (AvgIpc) is 3.13. The van der Waals surface area contributed by atoms with Crippen LogP contribution in [0.25, 0.3) is 10.8 Å². The SMILES string of the molecule is CCN1/C(=C/C=C/C2=[N+](C)c3ccccc3C2(C)C)C(C)(C)c2c1ccc1ccccc21.[I-]. The molecule has 33 heavy (non-hydrogen) atoms. The summed E-state index contributed by atoms with van der Waals surface area (Å²) in [7, 11) is 2.18. The zero-order chi connectivity index (χ0) is 22.7. The minimum atomic E-state index is -0.0543. The van der Waals surface area contributed by atoms with Gasteiger partial charge in [0.2, 0.25) is 5.69 Å². The number of anilines is 1. The van der Waals surface area contributed by atoms with E-state index in [1.807, 2.05) is 0 Å². The maximum absolute atomic E-state index is 2.48. The second-order valence-corrected chi connectivity index (χ2v) is 10.0. The van der Waals surface area contributed by atoms with Gasteiger partial charge in [0, 0.05) is 41.1 Å². The average molecular weight is 549 g/mol. The molecule has 2 aliphatic heterocycles. The van der Waals surface area contributed by atoms with Crippen molar-refractivity contribution in [2.45, 2.75) is 45.4 Å². The lowest BCUT2D eigenvalue weighted by Crippen LogP contribution is -3.00. The molecule has 0 saturated heterocycles. The third-order valence-electron chi connectivity index (χ3n) is 7.52. The Balaban J connectivity index is 0.00000259. The van der Waals surface area contributed by atoms with E-state index in [1.165, 1.54) is 44.7 Å². The first kappa shape index (κ1) is 23.7. The van der Waals surface area contributed by atoms with E-state index in [2.05, 4.69) is 130 Å². The molecule has 0 N–H and O–H groups in total. The molecule has 3 aromatic carbocycles. The Bertz CT molecular complexity index is 1320. The molecule has 0 fully saturated rings. The summed E-state index contributed by atoms with van der Waals surface area (Å²) in [6.45, 7) is 12.6. The van der Waals surface area contributed by atoms with Gasteiger partial charge in [-0.2, -0.15) is 4.58 Å². The van der Waals surface area contributed by atoms with Crippen LogP contribution in [0.4, 0.5) is 11.4 Å². The number of fused-ring (bicyclic) bond motifs is 4. The van der Waals surface area contributed by atoms with E-state index < -0.39 is 0 Å². The molecule has 0 aliphatic carbocycles. The van der Waals surface area contributed by atoms with E-state index in [0.29, 0.717) is 0 Å². The smallest absolute Gasteiger partial charge is 0.209 e. The summed E-state index contributed by atoms with van der Waals surface area (Å²) in [6.07, 6.45) is 6.89. The molecule has 5 rings (SSSR count). The van der Waals surface area contributed by atoms with Gasteiger partial charge in [-0.1, -0.05) is 68.5 Å². The third-order valence-corrected chi connectivity index (χ3v) is 7.52. The zero-order valence-corrected chi connectivity index (χ0v) is 22.6. The molecule has 2 heterocycles. The van der Waals surface area contributed by atoms with Crippen LogP contribution in [0.15, 0.2) is 84.6 Å². The molecule has 2 aliphatic rings. The van der Waals surface area contributed by atoms with Crippen LogP contribution in [0.5, 0.6) is 0 Å². The van der Waals surface area contributed by atoms with Crippen molar-refractivity contribution < 1.29 is 28.6 Å². The summed E-state index contributed by atoms with van der Waals surface area (Å²) < 4.78 is 2.34. The van der Waals surface area contributed by atoms with Gasteiger partial charge in [0.05, 0.1) is 5.41 Å². The van der Waals surface area contributed by atoms with E-state index in [1.54, 1.807) is 0 Å². The normalized spacial score (nSPS) is 19.3. The quantitative estimate of drug-likeness (QED) is 0.353. The number of benzene rings is 3. The van der Waals surface area contributed by atoms with Crippen molar-refractivity contribution in [2.24, 2.45) is 0 Å². The summed E-state index contributed by atoms with van der Waals surface area (Å²) in [5.74, 6) is 0. The number of allylic oxidation sites excluding steroid dienone is 4. The molecule has 3 heteroatoms. The fourth-order valence-corrected chi connectivity index (χ4v) is 5.91. The predicted octanol–water partition coefficient (Wildman–Crippen LogP) is 4.11. The minimum Gasteiger partial charge on any atom is -1.00 e. The van der Waals surface area contributed by atoms with Gasteiger partial charge >= 0.3 is 0 Å². The topological polar surface area (TPSA) is 6.25 Å². The van der Waals surface area contributed by atoms with E-state index in [9.17, 15) is 0 Å². The van der Waals surface area contributed by atoms with Crippen LogP contribution in [-0.2, 0) is 10.8 Å². The van der Waals surface area contributed by atoms with E-state index in [-0.39, 0.29) is 34.8 Å². The molecule has 2 nitrogen and oxygen atoms in total. The molecule has 0 unspecified atom stereocenters. The van der Waals surface area contributed by atoms with Crippen LogP contribution < -0.4 is 28.9 Å². The fraction of sp³-hybridized carbons (Fsp3) is 0.300. The molecule has 0 saturated carbocycles. The number of hydrogen-bond donors (Lipinski definition) is 0. The maximum atomic E-state index is 2.48. The van der Waals surface area contributed by atoms with Gasteiger partial charge < -0.3 is 28.9 Å². The number of halogens is 1. The van der Waals surface area contributed by atoms with Crippen molar-refractivity contribution in [1.29, 1.82) is 0 Å². The molecule has 170 valence electrons. The monoisotopic (exact) mass is 548 g/mol. The molecule has 0 spiro atoms. The Kier molecular flexibility index (Phi) is 6.06. The van der Waals surface area contributed by atoms with E-state index >= 15 is 0 Å². The molecule has 0 bridgehead atoms. The van der Waals surface area contributed by atoms with E-state index in [4.69, 9.17) is 0 Å². The lowest BCUT2D eigenvalue weighted by molar-refractivity contribution is -0.401. The highest BCUT2D eigenvalue weighted by atomic mass is 127. The van der Waals surface area contributed by atoms with Crippen LogP contribution in [-0.4, -0.2) is 23.9 Å². The highest BCUT2D eigenvalue weighted by Crippen LogP contribution is 2.50. The second kappa shape index (κ2) is 8.43. The standard InChI is InChI=1S/C30H33N2.HI/c1-7-32-25-20-19-21-13-8-9-14-22(21)28(25)30(4,5)27(32)18-12-17-26-29(2,3)23-15-10-11-16-24(23)31(26)6;/h8-20H,7H2,1-6H3;1H/q+1;/p-1. The summed E-state index contributed by atoms with van der Waals surface area (Å²) in [6, 6.07) is 22.1. The van der Waals surface area contributed by atoms with Gasteiger partial charge in [0.15, 0.2) is 5.71 Å². The molecule has 0 aromatic heterocycles. The van der Waals surface area contributed by atoms with Gasteiger partial charge in [-0.05, 0) is 49.2 Å². The summed E-state index contributed by atoms with van der Waals surface area (Å²) in [5.41, 5.74) is 8.11. The number of nitrogens with zero attached hydrogens (tertiary/aromatic N) is 2. The van der Waals surface area contributed by atoms with Gasteiger partial charge in [-0.3, -0.25) is 0 Å². The third kappa shape index (κ3) is 3.47. The van der Waals surface area contributed by atoms with Gasteiger partial charge in [0.25, 0.3) is 0 Å². The lowest BCUT2D eigenvalue weighted by Gasteiger charge is -2.26. The van der Waals surface area contributed by atoms with E-state index in [0.717, 1.165) is 6.54 Å². The largest absolute Gasteiger partial charge is 1.00 e. The predicted molar refractivity (Wildman–Crippen MR) is 138 cm³/mol. The first-order valence-electron chi connectivity index (χ1n) is 11.7. The first-order chi connectivity index (χ1) is 15.3. The zero-order valence-electron chi connectivity index (χ0n) is 20.5. The van der Waals surface area contributed by atoms with Crippen LogP contribution in [0, 0.1) is 0 Å². The summed E-state index contributed by atoms with van der Waals surface area (Å²) in [4.78, 5) is 2.48. The Morgan fingerprint density at radius 2 is 1.58 bits per heavy atom. The number of hydrogen-bond acceptors (Lipinski definition) is 1. The lowest BCUT2D eigenvalue weighted by atomic mass is 9.80. The number of rotatable bonds is 3. The van der Waals surface area contributed by atoms with Crippen molar-refractivity contribution in [2.75, 3.05) is 18.5 Å². The summed E-state index contributed by atoms with van der Waals surface area (Å²) >= 11 is 0. The van der Waals surface area contributed by atoms with Gasteiger partial charge in [0.1, 0.15) is 7.05 Å².